The summed E-state index contributed by atoms with van der Waals surface area (Å²) >= 11 is 0. The van der Waals surface area contributed by atoms with E-state index in [-0.39, 0.29) is 6.03 Å². The summed E-state index contributed by atoms with van der Waals surface area (Å²) in [5.41, 5.74) is 0.777. The van der Waals surface area contributed by atoms with Gasteiger partial charge in [0.25, 0.3) is 0 Å². The van der Waals surface area contributed by atoms with Gasteiger partial charge in [-0.3, -0.25) is 4.90 Å². The van der Waals surface area contributed by atoms with Crippen molar-refractivity contribution in [3.8, 4) is 6.07 Å². The van der Waals surface area contributed by atoms with Gasteiger partial charge in [-0.1, -0.05) is 0 Å². The van der Waals surface area contributed by atoms with Crippen molar-refractivity contribution in [3.05, 3.63) is 18.3 Å². The fourth-order valence-electron chi connectivity index (χ4n) is 3.08. The maximum Gasteiger partial charge on any atom is 0.322 e. The average Bonchev–Trinajstić information content (AvgIpc) is 3.10. The molecule has 0 radical (unpaired) electrons. The molecule has 0 spiro atoms. The maximum absolute atomic E-state index is 12.5. The van der Waals surface area contributed by atoms with E-state index in [2.05, 4.69) is 26.2 Å². The van der Waals surface area contributed by atoms with Crippen molar-refractivity contribution in [1.29, 1.82) is 5.26 Å². The summed E-state index contributed by atoms with van der Waals surface area (Å²) < 4.78 is 0. The minimum atomic E-state index is -0.0879. The number of rotatable bonds is 3. The molecule has 7 heteroatoms. The summed E-state index contributed by atoms with van der Waals surface area (Å²) in [7, 11) is 0. The number of anilines is 2. The standard InChI is InChI=1S/C16H22N6O/c17-5-9-20-10-12-22(13-11-20)16(23)19-14-4-3-6-18-15(14)21-7-1-2-8-21/h3-4,6H,1-2,7-13H2,(H,19,23). The predicted octanol–water partition coefficient (Wildman–Crippen LogP) is 1.35. The molecule has 0 atom stereocenters. The second kappa shape index (κ2) is 7.29. The molecular weight excluding hydrogens is 292 g/mol. The minimum Gasteiger partial charge on any atom is -0.355 e. The Morgan fingerprint density at radius 2 is 1.96 bits per heavy atom. The van der Waals surface area contributed by atoms with Crippen molar-refractivity contribution < 1.29 is 4.79 Å². The number of urea groups is 1. The number of pyridine rings is 1. The number of hydrogen-bond donors (Lipinski definition) is 1. The number of piperazine rings is 1. The van der Waals surface area contributed by atoms with Crippen LogP contribution in [0.4, 0.5) is 16.3 Å². The van der Waals surface area contributed by atoms with Crippen LogP contribution in [0.2, 0.25) is 0 Å². The third-order valence-corrected chi connectivity index (χ3v) is 4.39. The lowest BCUT2D eigenvalue weighted by molar-refractivity contribution is 0.156. The van der Waals surface area contributed by atoms with Gasteiger partial charge in [-0.15, -0.1) is 0 Å². The largest absolute Gasteiger partial charge is 0.355 e. The Morgan fingerprint density at radius 3 is 2.65 bits per heavy atom. The van der Waals surface area contributed by atoms with Gasteiger partial charge >= 0.3 is 6.03 Å². The first-order valence-electron chi connectivity index (χ1n) is 8.13. The maximum atomic E-state index is 12.5. The van der Waals surface area contributed by atoms with Crippen LogP contribution in [0.1, 0.15) is 12.8 Å². The van der Waals surface area contributed by atoms with Gasteiger partial charge in [0.05, 0.1) is 18.3 Å². The number of amides is 2. The molecule has 3 heterocycles. The third-order valence-electron chi connectivity index (χ3n) is 4.39. The summed E-state index contributed by atoms with van der Waals surface area (Å²) in [6.07, 6.45) is 4.11. The van der Waals surface area contributed by atoms with Gasteiger partial charge in [-0.05, 0) is 25.0 Å². The highest BCUT2D eigenvalue weighted by Gasteiger charge is 2.23. The SMILES string of the molecule is N#CCN1CCN(C(=O)Nc2cccnc2N2CCCC2)CC1. The highest BCUT2D eigenvalue weighted by atomic mass is 16.2. The third kappa shape index (κ3) is 3.71. The van der Waals surface area contributed by atoms with Gasteiger partial charge < -0.3 is 15.1 Å². The van der Waals surface area contributed by atoms with E-state index in [9.17, 15) is 4.79 Å². The zero-order valence-electron chi connectivity index (χ0n) is 13.2. The number of nitrogens with one attached hydrogen (secondary N) is 1. The summed E-state index contributed by atoms with van der Waals surface area (Å²) in [5, 5.41) is 11.7. The van der Waals surface area contributed by atoms with Crippen molar-refractivity contribution in [1.82, 2.24) is 14.8 Å². The zero-order valence-corrected chi connectivity index (χ0v) is 13.2. The van der Waals surface area contributed by atoms with Crippen LogP contribution in [0.25, 0.3) is 0 Å². The fraction of sp³-hybridized carbons (Fsp3) is 0.562. The molecule has 2 aliphatic rings. The quantitative estimate of drug-likeness (QED) is 0.853. The van der Waals surface area contributed by atoms with Crippen LogP contribution in [0.3, 0.4) is 0 Å². The van der Waals surface area contributed by atoms with Gasteiger partial charge in [-0.25, -0.2) is 9.78 Å². The number of carbonyl (C=O) groups is 1. The molecule has 3 rings (SSSR count). The summed E-state index contributed by atoms with van der Waals surface area (Å²) in [6.45, 7) is 5.19. The van der Waals surface area contributed by atoms with E-state index in [0.29, 0.717) is 19.6 Å². The fourth-order valence-corrected chi connectivity index (χ4v) is 3.08. The van der Waals surface area contributed by atoms with Gasteiger partial charge in [-0.2, -0.15) is 5.26 Å². The van der Waals surface area contributed by atoms with E-state index in [4.69, 9.17) is 5.26 Å². The first-order valence-corrected chi connectivity index (χ1v) is 8.13. The molecule has 0 bridgehead atoms. The van der Waals surface area contributed by atoms with Gasteiger partial charge in [0.15, 0.2) is 5.82 Å². The first-order chi connectivity index (χ1) is 11.3. The Balaban J connectivity index is 1.61. The van der Waals surface area contributed by atoms with E-state index in [0.717, 1.165) is 37.7 Å². The van der Waals surface area contributed by atoms with Crippen LogP contribution in [0.5, 0.6) is 0 Å². The van der Waals surface area contributed by atoms with Crippen LogP contribution in [0, 0.1) is 11.3 Å². The number of hydrogen-bond acceptors (Lipinski definition) is 5. The van der Waals surface area contributed by atoms with E-state index in [1.54, 1.807) is 11.1 Å². The minimum absolute atomic E-state index is 0.0879. The van der Waals surface area contributed by atoms with Crippen molar-refractivity contribution in [2.24, 2.45) is 0 Å². The highest BCUT2D eigenvalue weighted by molar-refractivity contribution is 5.92. The number of nitrogens with zero attached hydrogens (tertiary/aromatic N) is 5. The molecule has 1 aromatic heterocycles. The molecule has 1 aromatic rings. The Bertz CT molecular complexity index is 584. The molecule has 0 saturated carbocycles. The smallest absolute Gasteiger partial charge is 0.322 e. The molecule has 0 aromatic carbocycles. The number of nitriles is 1. The summed E-state index contributed by atoms with van der Waals surface area (Å²) in [4.78, 5) is 23.0. The zero-order chi connectivity index (χ0) is 16.1. The second-order valence-corrected chi connectivity index (χ2v) is 5.92. The molecule has 2 aliphatic heterocycles. The molecule has 2 amide bonds. The van der Waals surface area contributed by atoms with E-state index >= 15 is 0 Å². The molecule has 7 nitrogen and oxygen atoms in total. The molecule has 0 aliphatic carbocycles. The van der Waals surface area contributed by atoms with Crippen LogP contribution in [0.15, 0.2) is 18.3 Å². The lowest BCUT2D eigenvalue weighted by Gasteiger charge is -2.33. The Morgan fingerprint density at radius 1 is 1.22 bits per heavy atom. The average molecular weight is 314 g/mol. The van der Waals surface area contributed by atoms with Crippen molar-refractivity contribution in [3.63, 3.8) is 0 Å². The van der Waals surface area contributed by atoms with E-state index in [1.165, 1.54) is 12.8 Å². The van der Waals surface area contributed by atoms with Gasteiger partial charge in [0.1, 0.15) is 0 Å². The Hall–Kier alpha value is -2.33. The first kappa shape index (κ1) is 15.6. The summed E-state index contributed by atoms with van der Waals surface area (Å²) in [5.74, 6) is 0.862. The van der Waals surface area contributed by atoms with Crippen LogP contribution < -0.4 is 10.2 Å². The van der Waals surface area contributed by atoms with E-state index < -0.39 is 0 Å². The lowest BCUT2D eigenvalue weighted by Crippen LogP contribution is -2.50. The van der Waals surface area contributed by atoms with E-state index in [1.807, 2.05) is 12.1 Å². The highest BCUT2D eigenvalue weighted by Crippen LogP contribution is 2.26. The Labute approximate surface area is 136 Å². The topological polar surface area (TPSA) is 75.5 Å². The van der Waals surface area contributed by atoms with Gasteiger partial charge in [0, 0.05) is 45.5 Å². The van der Waals surface area contributed by atoms with Crippen LogP contribution in [-0.2, 0) is 0 Å². The monoisotopic (exact) mass is 314 g/mol. The second-order valence-electron chi connectivity index (χ2n) is 5.92. The van der Waals surface area contributed by atoms with Crippen molar-refractivity contribution in [2.75, 3.05) is 56.0 Å². The molecule has 2 fully saturated rings. The summed E-state index contributed by atoms with van der Waals surface area (Å²) in [6, 6.07) is 5.82. The van der Waals surface area contributed by atoms with Gasteiger partial charge in [0.2, 0.25) is 0 Å². The number of aromatic nitrogens is 1. The number of carbonyl (C=O) groups excluding carboxylic acids is 1. The predicted molar refractivity (Wildman–Crippen MR) is 88.3 cm³/mol. The van der Waals surface area contributed by atoms with Crippen molar-refractivity contribution in [2.45, 2.75) is 12.8 Å². The normalized spacial score (nSPS) is 18.7. The van der Waals surface area contributed by atoms with Crippen molar-refractivity contribution >= 4 is 17.5 Å². The lowest BCUT2D eigenvalue weighted by atomic mass is 10.3. The molecular formula is C16H22N6O. The van der Waals surface area contributed by atoms with Crippen LogP contribution >= 0.6 is 0 Å². The molecule has 23 heavy (non-hydrogen) atoms. The molecule has 1 N–H and O–H groups in total. The Kier molecular flexibility index (Phi) is 4.93. The van der Waals surface area contributed by atoms with Crippen LogP contribution in [-0.4, -0.2) is 66.6 Å². The molecule has 122 valence electrons. The molecule has 0 unspecified atom stereocenters. The molecule has 2 saturated heterocycles.